The minimum absolute atomic E-state index is 0.0167. The van der Waals surface area contributed by atoms with Gasteiger partial charge < -0.3 is 9.64 Å². The average Bonchev–Trinajstić information content (AvgIpc) is 3.17. The quantitative estimate of drug-likeness (QED) is 0.587. The fraction of sp³-hybridized carbons (Fsp3) is 0.300. The average molecular weight is 419 g/mol. The Morgan fingerprint density at radius 1 is 1.17 bits per heavy atom. The van der Waals surface area contributed by atoms with Crippen LogP contribution in [0.25, 0.3) is 11.4 Å². The lowest BCUT2D eigenvalue weighted by Gasteiger charge is -2.17. The van der Waals surface area contributed by atoms with Gasteiger partial charge >= 0.3 is 6.18 Å². The van der Waals surface area contributed by atoms with Gasteiger partial charge in [-0.15, -0.1) is 10.2 Å². The number of ether oxygens (including phenoxy) is 1. The molecule has 0 saturated heterocycles. The number of carbonyl (C=O) groups is 1. The number of halogens is 3. The van der Waals surface area contributed by atoms with Crippen molar-refractivity contribution in [3.63, 3.8) is 0 Å². The van der Waals surface area contributed by atoms with Gasteiger partial charge in [-0.2, -0.15) is 18.0 Å². The highest BCUT2D eigenvalue weighted by Crippen LogP contribution is 2.31. The molecule has 2 aromatic carbocycles. The minimum atomic E-state index is -4.47. The molecule has 1 heterocycles. The summed E-state index contributed by atoms with van der Waals surface area (Å²) in [4.78, 5) is 15.0. The fourth-order valence-corrected chi connectivity index (χ4v) is 2.72. The van der Waals surface area contributed by atoms with E-state index in [4.69, 9.17) is 4.74 Å². The molecule has 7 nitrogen and oxygen atoms in total. The molecule has 0 atom stereocenters. The Kier molecular flexibility index (Phi) is 6.34. The van der Waals surface area contributed by atoms with Crippen LogP contribution < -0.4 is 4.74 Å². The van der Waals surface area contributed by atoms with Gasteiger partial charge in [0.1, 0.15) is 12.3 Å². The second-order valence-electron chi connectivity index (χ2n) is 6.55. The molecule has 3 rings (SSSR count). The summed E-state index contributed by atoms with van der Waals surface area (Å²) in [5.74, 6) is 0.504. The molecule has 0 bridgehead atoms. The van der Waals surface area contributed by atoms with Crippen molar-refractivity contribution in [3.05, 3.63) is 59.7 Å². The van der Waals surface area contributed by atoms with E-state index >= 15 is 0 Å². The molecule has 3 aromatic rings. The summed E-state index contributed by atoms with van der Waals surface area (Å²) in [5.41, 5.74) is 0.291. The zero-order valence-corrected chi connectivity index (χ0v) is 16.4. The zero-order chi connectivity index (χ0) is 21.7. The molecule has 0 fully saturated rings. The van der Waals surface area contributed by atoms with Gasteiger partial charge in [0.25, 0.3) is 0 Å². The Morgan fingerprint density at radius 2 is 1.90 bits per heavy atom. The molecule has 10 heteroatoms. The first kappa shape index (κ1) is 21.3. The number of carbonyl (C=O) groups excluding carboxylic acids is 1. The van der Waals surface area contributed by atoms with E-state index in [1.807, 2.05) is 31.2 Å². The molecular weight excluding hydrogens is 399 g/mol. The van der Waals surface area contributed by atoms with Gasteiger partial charge in [-0.05, 0) is 42.0 Å². The number of likely N-dealkylation sites (N-methyl/N-ethyl adjacent to an activating group) is 1. The summed E-state index contributed by atoms with van der Waals surface area (Å²) < 4.78 is 44.0. The zero-order valence-electron chi connectivity index (χ0n) is 16.4. The lowest BCUT2D eigenvalue weighted by Crippen LogP contribution is -2.30. The first-order valence-corrected chi connectivity index (χ1v) is 9.17. The number of rotatable bonds is 7. The van der Waals surface area contributed by atoms with Crippen LogP contribution in [-0.2, 0) is 24.1 Å². The van der Waals surface area contributed by atoms with Crippen LogP contribution in [0.3, 0.4) is 0 Å². The largest absolute Gasteiger partial charge is 0.494 e. The Balaban J connectivity index is 1.63. The first-order chi connectivity index (χ1) is 14.3. The Hall–Kier alpha value is -3.43. The molecule has 0 N–H and O–H groups in total. The van der Waals surface area contributed by atoms with Crippen LogP contribution in [0.4, 0.5) is 13.2 Å². The van der Waals surface area contributed by atoms with Crippen LogP contribution >= 0.6 is 0 Å². The van der Waals surface area contributed by atoms with E-state index in [0.717, 1.165) is 28.2 Å². The Bertz CT molecular complexity index is 1000. The van der Waals surface area contributed by atoms with Gasteiger partial charge in [-0.3, -0.25) is 4.79 Å². The third-order valence-corrected chi connectivity index (χ3v) is 4.26. The number of hydrogen-bond donors (Lipinski definition) is 0. The van der Waals surface area contributed by atoms with Gasteiger partial charge in [0.15, 0.2) is 0 Å². The molecule has 0 aliphatic rings. The van der Waals surface area contributed by atoms with Gasteiger partial charge in [-0.25, -0.2) is 0 Å². The Labute approximate surface area is 171 Å². The molecule has 0 spiro atoms. The van der Waals surface area contributed by atoms with Gasteiger partial charge in [-0.1, -0.05) is 24.3 Å². The highest BCUT2D eigenvalue weighted by Gasteiger charge is 2.30. The number of hydrogen-bond acceptors (Lipinski definition) is 5. The van der Waals surface area contributed by atoms with Crippen LogP contribution in [-0.4, -0.2) is 44.7 Å². The minimum Gasteiger partial charge on any atom is -0.494 e. The SMILES string of the molecule is CCOc1ccc(CN(C)C(=O)Cn2nnc(-c3cccc(C(F)(F)F)c3)n2)cc1. The van der Waals surface area contributed by atoms with Crippen LogP contribution in [0.15, 0.2) is 48.5 Å². The maximum atomic E-state index is 12.9. The van der Waals surface area contributed by atoms with E-state index in [1.54, 1.807) is 7.05 Å². The lowest BCUT2D eigenvalue weighted by molar-refractivity contribution is -0.137. The van der Waals surface area contributed by atoms with Crippen molar-refractivity contribution >= 4 is 5.91 Å². The second kappa shape index (κ2) is 8.93. The third-order valence-electron chi connectivity index (χ3n) is 4.26. The van der Waals surface area contributed by atoms with E-state index < -0.39 is 11.7 Å². The summed E-state index contributed by atoms with van der Waals surface area (Å²) in [7, 11) is 1.64. The summed E-state index contributed by atoms with van der Waals surface area (Å²) in [6, 6.07) is 12.0. The smallest absolute Gasteiger partial charge is 0.416 e. The fourth-order valence-electron chi connectivity index (χ4n) is 2.72. The van der Waals surface area contributed by atoms with Crippen molar-refractivity contribution in [2.45, 2.75) is 26.2 Å². The number of nitrogens with zero attached hydrogens (tertiary/aromatic N) is 5. The summed E-state index contributed by atoms with van der Waals surface area (Å²) in [6.07, 6.45) is -4.47. The predicted octanol–water partition coefficient (Wildman–Crippen LogP) is 3.42. The van der Waals surface area contributed by atoms with E-state index in [-0.39, 0.29) is 23.8 Å². The Morgan fingerprint density at radius 3 is 2.57 bits per heavy atom. The molecule has 0 saturated carbocycles. The molecule has 30 heavy (non-hydrogen) atoms. The van der Waals surface area contributed by atoms with E-state index in [0.29, 0.717) is 13.2 Å². The lowest BCUT2D eigenvalue weighted by atomic mass is 10.1. The summed E-state index contributed by atoms with van der Waals surface area (Å²) in [6.45, 7) is 2.67. The topological polar surface area (TPSA) is 73.1 Å². The molecule has 1 aromatic heterocycles. The van der Waals surface area contributed by atoms with Crippen LogP contribution in [0, 0.1) is 0 Å². The molecule has 158 valence electrons. The number of alkyl halides is 3. The van der Waals surface area contributed by atoms with Crippen molar-refractivity contribution in [2.75, 3.05) is 13.7 Å². The van der Waals surface area contributed by atoms with Crippen LogP contribution in [0.5, 0.6) is 5.75 Å². The molecule has 1 amide bonds. The highest BCUT2D eigenvalue weighted by molar-refractivity contribution is 5.75. The van der Waals surface area contributed by atoms with Crippen molar-refractivity contribution in [1.82, 2.24) is 25.1 Å². The maximum Gasteiger partial charge on any atom is 0.416 e. The highest BCUT2D eigenvalue weighted by atomic mass is 19.4. The van der Waals surface area contributed by atoms with Crippen molar-refractivity contribution in [2.24, 2.45) is 0 Å². The predicted molar refractivity (Wildman–Crippen MR) is 102 cm³/mol. The maximum absolute atomic E-state index is 12.9. The van der Waals surface area contributed by atoms with Gasteiger partial charge in [0.05, 0.1) is 12.2 Å². The molecule has 0 radical (unpaired) electrons. The summed E-state index contributed by atoms with van der Waals surface area (Å²) >= 11 is 0. The number of benzene rings is 2. The van der Waals surface area contributed by atoms with Crippen LogP contribution in [0.1, 0.15) is 18.1 Å². The van der Waals surface area contributed by atoms with Crippen LogP contribution in [0.2, 0.25) is 0 Å². The number of aromatic nitrogens is 4. The number of amides is 1. The number of tetrazole rings is 1. The standard InChI is InChI=1S/C20H20F3N5O2/c1-3-30-17-9-7-14(8-10-17)12-27(2)18(29)13-28-25-19(24-26-28)15-5-4-6-16(11-15)20(21,22)23/h4-11H,3,12-13H2,1-2H3. The molecule has 0 aliphatic carbocycles. The van der Waals surface area contributed by atoms with Gasteiger partial charge in [0, 0.05) is 19.2 Å². The molecule has 0 unspecified atom stereocenters. The first-order valence-electron chi connectivity index (χ1n) is 9.17. The summed E-state index contributed by atoms with van der Waals surface area (Å²) in [5, 5.41) is 11.6. The van der Waals surface area contributed by atoms with E-state index in [1.165, 1.54) is 17.0 Å². The third kappa shape index (κ3) is 5.34. The van der Waals surface area contributed by atoms with Crippen molar-refractivity contribution in [1.29, 1.82) is 0 Å². The normalized spacial score (nSPS) is 11.4. The monoisotopic (exact) mass is 419 g/mol. The molecule has 0 aliphatic heterocycles. The van der Waals surface area contributed by atoms with E-state index in [9.17, 15) is 18.0 Å². The van der Waals surface area contributed by atoms with Crippen molar-refractivity contribution in [3.8, 4) is 17.1 Å². The van der Waals surface area contributed by atoms with Crippen molar-refractivity contribution < 1.29 is 22.7 Å². The van der Waals surface area contributed by atoms with E-state index in [2.05, 4.69) is 15.4 Å². The van der Waals surface area contributed by atoms with Gasteiger partial charge in [0.2, 0.25) is 11.7 Å². The molecular formula is C20H20F3N5O2. The second-order valence-corrected chi connectivity index (χ2v) is 6.55.